The normalized spacial score (nSPS) is 11.9. The minimum Gasteiger partial charge on any atom is -0.461 e. The average molecular weight is 325 g/mol. The molecule has 8 heteroatoms. The highest BCUT2D eigenvalue weighted by Gasteiger charge is 2.17. The van der Waals surface area contributed by atoms with Crippen LogP contribution in [0.5, 0.6) is 0 Å². The third kappa shape index (κ3) is 4.08. The van der Waals surface area contributed by atoms with Gasteiger partial charge in [-0.15, -0.1) is 22.7 Å². The van der Waals surface area contributed by atoms with Gasteiger partial charge in [-0.3, -0.25) is 4.79 Å². The summed E-state index contributed by atoms with van der Waals surface area (Å²) in [6.45, 7) is 4.47. The van der Waals surface area contributed by atoms with Gasteiger partial charge in [0.25, 0.3) is 5.91 Å². The zero-order chi connectivity index (χ0) is 15.2. The molecule has 0 saturated carbocycles. The van der Waals surface area contributed by atoms with Gasteiger partial charge >= 0.3 is 5.97 Å². The van der Waals surface area contributed by atoms with Gasteiger partial charge in [0, 0.05) is 29.4 Å². The van der Waals surface area contributed by atoms with Crippen LogP contribution >= 0.6 is 22.7 Å². The van der Waals surface area contributed by atoms with Crippen molar-refractivity contribution in [1.82, 2.24) is 15.3 Å². The summed E-state index contributed by atoms with van der Waals surface area (Å²) < 4.78 is 4.84. The number of carbonyl (C=O) groups excluding carboxylic acids is 2. The number of nitrogens with one attached hydrogen (secondary N) is 1. The predicted octanol–water partition coefficient (Wildman–Crippen LogP) is 2.31. The van der Waals surface area contributed by atoms with Crippen LogP contribution in [0.2, 0.25) is 0 Å². The first-order chi connectivity index (χ1) is 10.1. The molecule has 0 saturated heterocycles. The smallest absolute Gasteiger partial charge is 0.367 e. The summed E-state index contributed by atoms with van der Waals surface area (Å²) in [5.41, 5.74) is 0.231. The second-order valence-electron chi connectivity index (χ2n) is 4.24. The van der Waals surface area contributed by atoms with Crippen LogP contribution in [0.3, 0.4) is 0 Å². The Labute approximate surface area is 130 Å². The maximum atomic E-state index is 12.0. The highest BCUT2D eigenvalue weighted by molar-refractivity contribution is 7.11. The van der Waals surface area contributed by atoms with Gasteiger partial charge in [0.1, 0.15) is 5.69 Å². The molecule has 2 aromatic rings. The highest BCUT2D eigenvalue weighted by Crippen LogP contribution is 2.17. The van der Waals surface area contributed by atoms with Crippen LogP contribution < -0.4 is 5.32 Å². The molecular formula is C13H15N3O3S2. The Morgan fingerprint density at radius 2 is 2.24 bits per heavy atom. The Bertz CT molecular complexity index is 610. The molecule has 2 heterocycles. The predicted molar refractivity (Wildman–Crippen MR) is 80.9 cm³/mol. The molecule has 1 amide bonds. The number of carbonyl (C=O) groups is 2. The summed E-state index contributed by atoms with van der Waals surface area (Å²) in [5, 5.41) is 7.41. The van der Waals surface area contributed by atoms with Gasteiger partial charge in [-0.25, -0.2) is 14.8 Å². The lowest BCUT2D eigenvalue weighted by atomic mass is 10.2. The second kappa shape index (κ2) is 7.28. The summed E-state index contributed by atoms with van der Waals surface area (Å²) >= 11 is 2.66. The quantitative estimate of drug-likeness (QED) is 0.824. The van der Waals surface area contributed by atoms with E-state index in [4.69, 9.17) is 4.74 Å². The number of hydrogen-bond donors (Lipinski definition) is 1. The molecule has 0 radical (unpaired) electrons. The van der Waals surface area contributed by atoms with Crippen molar-refractivity contribution in [2.75, 3.05) is 13.2 Å². The first kappa shape index (κ1) is 15.6. The SMILES string of the molecule is CCOC(=O)c1nc(C(=O)NCC(C)c2nccs2)cs1. The first-order valence-electron chi connectivity index (χ1n) is 6.42. The standard InChI is InChI=1S/C13H15N3O3S2/c1-3-19-13(18)12-16-9(7-21-12)10(17)15-6-8(2)11-14-4-5-20-11/h4-5,7-8H,3,6H2,1-2H3,(H,15,17). The van der Waals surface area contributed by atoms with E-state index in [1.807, 2.05) is 12.3 Å². The van der Waals surface area contributed by atoms with Crippen LogP contribution in [-0.2, 0) is 4.74 Å². The number of nitrogens with zero attached hydrogens (tertiary/aromatic N) is 2. The van der Waals surface area contributed by atoms with Gasteiger partial charge in [-0.05, 0) is 6.92 Å². The van der Waals surface area contributed by atoms with Crippen LogP contribution in [-0.4, -0.2) is 35.0 Å². The number of amides is 1. The maximum Gasteiger partial charge on any atom is 0.367 e. The average Bonchev–Trinajstić information content (AvgIpc) is 3.15. The monoisotopic (exact) mass is 325 g/mol. The van der Waals surface area contributed by atoms with Crippen LogP contribution in [0, 0.1) is 0 Å². The Morgan fingerprint density at radius 1 is 1.43 bits per heavy atom. The van der Waals surface area contributed by atoms with Gasteiger partial charge in [0.2, 0.25) is 5.01 Å². The Hall–Kier alpha value is -1.80. The molecule has 6 nitrogen and oxygen atoms in total. The van der Waals surface area contributed by atoms with Crippen LogP contribution in [0.1, 0.15) is 45.1 Å². The third-order valence-electron chi connectivity index (χ3n) is 2.63. The summed E-state index contributed by atoms with van der Waals surface area (Å²) in [4.78, 5) is 31.7. The number of thiazole rings is 2. The van der Waals surface area contributed by atoms with Gasteiger partial charge in [-0.2, -0.15) is 0 Å². The molecule has 0 fully saturated rings. The minimum absolute atomic E-state index is 0.136. The number of rotatable bonds is 6. The molecule has 112 valence electrons. The van der Waals surface area contributed by atoms with E-state index in [0.717, 1.165) is 16.3 Å². The molecule has 1 unspecified atom stereocenters. The van der Waals surface area contributed by atoms with Crippen molar-refractivity contribution in [3.05, 3.63) is 32.7 Å². The molecule has 0 aliphatic rings. The Balaban J connectivity index is 1.90. The van der Waals surface area contributed by atoms with Crippen molar-refractivity contribution in [1.29, 1.82) is 0 Å². The third-order valence-corrected chi connectivity index (χ3v) is 4.46. The van der Waals surface area contributed by atoms with Crippen molar-refractivity contribution in [3.63, 3.8) is 0 Å². The molecule has 0 spiro atoms. The Morgan fingerprint density at radius 3 is 2.90 bits per heavy atom. The molecular weight excluding hydrogens is 310 g/mol. The highest BCUT2D eigenvalue weighted by atomic mass is 32.1. The number of aromatic nitrogens is 2. The second-order valence-corrected chi connectivity index (χ2v) is 6.02. The van der Waals surface area contributed by atoms with Gasteiger partial charge in [-0.1, -0.05) is 6.92 Å². The summed E-state index contributed by atoms with van der Waals surface area (Å²) in [6.07, 6.45) is 1.74. The van der Waals surface area contributed by atoms with Crippen LogP contribution in [0.25, 0.3) is 0 Å². The van der Waals surface area contributed by atoms with E-state index in [1.165, 1.54) is 0 Å². The lowest BCUT2D eigenvalue weighted by molar-refractivity contribution is 0.0526. The summed E-state index contributed by atoms with van der Waals surface area (Å²) in [6, 6.07) is 0. The van der Waals surface area contributed by atoms with E-state index in [2.05, 4.69) is 15.3 Å². The Kier molecular flexibility index (Phi) is 5.40. The summed E-state index contributed by atoms with van der Waals surface area (Å²) in [5.74, 6) is -0.667. The lowest BCUT2D eigenvalue weighted by Crippen LogP contribution is -2.27. The molecule has 1 N–H and O–H groups in total. The summed E-state index contributed by atoms with van der Waals surface area (Å²) in [7, 11) is 0. The fraction of sp³-hybridized carbons (Fsp3) is 0.385. The zero-order valence-corrected chi connectivity index (χ0v) is 13.3. The molecule has 0 aliphatic heterocycles. The van der Waals surface area contributed by atoms with Crippen molar-refractivity contribution in [2.45, 2.75) is 19.8 Å². The van der Waals surface area contributed by atoms with E-state index in [-0.39, 0.29) is 29.1 Å². The number of hydrogen-bond acceptors (Lipinski definition) is 7. The molecule has 0 aliphatic carbocycles. The molecule has 21 heavy (non-hydrogen) atoms. The van der Waals surface area contributed by atoms with Crippen molar-refractivity contribution in [2.24, 2.45) is 0 Å². The number of esters is 1. The molecule has 2 rings (SSSR count). The largest absolute Gasteiger partial charge is 0.461 e. The fourth-order valence-corrected chi connectivity index (χ4v) is 2.95. The van der Waals surface area contributed by atoms with E-state index in [1.54, 1.807) is 29.8 Å². The molecule has 0 bridgehead atoms. The molecule has 1 atom stereocenters. The van der Waals surface area contributed by atoms with Crippen LogP contribution in [0.15, 0.2) is 17.0 Å². The van der Waals surface area contributed by atoms with E-state index in [0.29, 0.717) is 6.54 Å². The maximum absolute atomic E-state index is 12.0. The first-order valence-corrected chi connectivity index (χ1v) is 8.18. The van der Waals surface area contributed by atoms with E-state index >= 15 is 0 Å². The van der Waals surface area contributed by atoms with E-state index < -0.39 is 5.97 Å². The molecule has 2 aromatic heterocycles. The molecule has 0 aromatic carbocycles. The number of ether oxygens (including phenoxy) is 1. The van der Waals surface area contributed by atoms with Crippen molar-refractivity contribution >= 4 is 34.6 Å². The van der Waals surface area contributed by atoms with Crippen molar-refractivity contribution in [3.8, 4) is 0 Å². The van der Waals surface area contributed by atoms with Gasteiger partial charge < -0.3 is 10.1 Å². The zero-order valence-electron chi connectivity index (χ0n) is 11.7. The lowest BCUT2D eigenvalue weighted by Gasteiger charge is -2.08. The van der Waals surface area contributed by atoms with Gasteiger partial charge in [0.05, 0.1) is 11.6 Å². The fourth-order valence-electron chi connectivity index (χ4n) is 1.57. The minimum atomic E-state index is -0.502. The van der Waals surface area contributed by atoms with E-state index in [9.17, 15) is 9.59 Å². The topological polar surface area (TPSA) is 81.2 Å². The van der Waals surface area contributed by atoms with Crippen molar-refractivity contribution < 1.29 is 14.3 Å². The van der Waals surface area contributed by atoms with Gasteiger partial charge in [0.15, 0.2) is 0 Å². The van der Waals surface area contributed by atoms with Crippen LogP contribution in [0.4, 0.5) is 0 Å².